The van der Waals surface area contributed by atoms with E-state index in [4.69, 9.17) is 9.47 Å². The van der Waals surface area contributed by atoms with Crippen LogP contribution in [0.2, 0.25) is 0 Å². The van der Waals surface area contributed by atoms with Crippen molar-refractivity contribution in [2.24, 2.45) is 0 Å². The molecule has 1 aliphatic heterocycles. The fourth-order valence-corrected chi connectivity index (χ4v) is 3.13. The Balaban J connectivity index is 1.40. The Hall–Kier alpha value is -3.62. The summed E-state index contributed by atoms with van der Waals surface area (Å²) in [5, 5.41) is 10.7. The van der Waals surface area contributed by atoms with Crippen LogP contribution in [0.15, 0.2) is 48.5 Å². The molecule has 9 nitrogen and oxygen atoms in total. The number of nitro benzene ring substituents is 1. The molecule has 1 amide bonds. The lowest BCUT2D eigenvalue weighted by atomic mass is 10.2. The van der Waals surface area contributed by atoms with Crippen molar-refractivity contribution in [1.82, 2.24) is 4.90 Å². The quantitative estimate of drug-likeness (QED) is 0.389. The SMILES string of the molecule is Cc1ccccc1OCC(=O)OCC(=O)N1CCN(c2ccc([N+](=O)[O-])cc2)CC1. The van der Waals surface area contributed by atoms with Crippen LogP contribution in [0.3, 0.4) is 0 Å². The van der Waals surface area contributed by atoms with Gasteiger partial charge in [0, 0.05) is 44.0 Å². The summed E-state index contributed by atoms with van der Waals surface area (Å²) < 4.78 is 10.4. The zero-order chi connectivity index (χ0) is 21.5. The molecule has 3 rings (SSSR count). The van der Waals surface area contributed by atoms with Crippen molar-refractivity contribution in [3.05, 3.63) is 64.2 Å². The van der Waals surface area contributed by atoms with Crippen molar-refractivity contribution >= 4 is 23.3 Å². The Labute approximate surface area is 173 Å². The molecule has 158 valence electrons. The highest BCUT2D eigenvalue weighted by atomic mass is 16.6. The molecule has 30 heavy (non-hydrogen) atoms. The van der Waals surface area contributed by atoms with Crippen LogP contribution in [0, 0.1) is 17.0 Å². The molecule has 1 heterocycles. The van der Waals surface area contributed by atoms with Gasteiger partial charge >= 0.3 is 5.97 Å². The second-order valence-corrected chi connectivity index (χ2v) is 6.86. The van der Waals surface area contributed by atoms with Crippen molar-refractivity contribution in [2.75, 3.05) is 44.3 Å². The second kappa shape index (κ2) is 9.73. The molecule has 2 aromatic carbocycles. The summed E-state index contributed by atoms with van der Waals surface area (Å²) in [4.78, 5) is 38.2. The molecule has 0 unspecified atom stereocenters. The van der Waals surface area contributed by atoms with E-state index in [9.17, 15) is 19.7 Å². The van der Waals surface area contributed by atoms with Crippen LogP contribution in [0.25, 0.3) is 0 Å². The molecular weight excluding hydrogens is 390 g/mol. The maximum Gasteiger partial charge on any atom is 0.344 e. The van der Waals surface area contributed by atoms with E-state index >= 15 is 0 Å². The lowest BCUT2D eigenvalue weighted by Gasteiger charge is -2.36. The maximum absolute atomic E-state index is 12.3. The molecule has 0 bridgehead atoms. The van der Waals surface area contributed by atoms with Crippen LogP contribution >= 0.6 is 0 Å². The first-order valence-electron chi connectivity index (χ1n) is 9.55. The number of carbonyl (C=O) groups excluding carboxylic acids is 2. The van der Waals surface area contributed by atoms with Crippen LogP contribution in [-0.2, 0) is 14.3 Å². The first-order chi connectivity index (χ1) is 14.4. The van der Waals surface area contributed by atoms with Crippen LogP contribution in [0.1, 0.15) is 5.56 Å². The summed E-state index contributed by atoms with van der Waals surface area (Å²) in [6.07, 6.45) is 0. The summed E-state index contributed by atoms with van der Waals surface area (Å²) in [5.41, 5.74) is 1.82. The highest BCUT2D eigenvalue weighted by Crippen LogP contribution is 2.20. The van der Waals surface area contributed by atoms with Gasteiger partial charge in [-0.15, -0.1) is 0 Å². The zero-order valence-corrected chi connectivity index (χ0v) is 16.7. The third kappa shape index (κ3) is 5.47. The van der Waals surface area contributed by atoms with E-state index in [0.29, 0.717) is 31.9 Å². The summed E-state index contributed by atoms with van der Waals surface area (Å²) >= 11 is 0. The molecule has 2 aromatic rings. The molecule has 0 aliphatic carbocycles. The van der Waals surface area contributed by atoms with Gasteiger partial charge in [0.05, 0.1) is 4.92 Å². The minimum atomic E-state index is -0.601. The van der Waals surface area contributed by atoms with Crippen molar-refractivity contribution in [2.45, 2.75) is 6.92 Å². The van der Waals surface area contributed by atoms with E-state index in [1.807, 2.05) is 25.1 Å². The molecular formula is C21H23N3O6. The predicted octanol–water partition coefficient (Wildman–Crippen LogP) is 2.17. The van der Waals surface area contributed by atoms with Gasteiger partial charge < -0.3 is 19.3 Å². The number of piperazine rings is 1. The van der Waals surface area contributed by atoms with Crippen LogP contribution in [0.4, 0.5) is 11.4 Å². The predicted molar refractivity (Wildman–Crippen MR) is 110 cm³/mol. The highest BCUT2D eigenvalue weighted by Gasteiger charge is 2.22. The number of hydrogen-bond acceptors (Lipinski definition) is 7. The summed E-state index contributed by atoms with van der Waals surface area (Å²) in [6.45, 7) is 3.43. The van der Waals surface area contributed by atoms with Gasteiger partial charge in [0.15, 0.2) is 13.2 Å². The normalized spacial score (nSPS) is 13.6. The Morgan fingerprint density at radius 3 is 2.30 bits per heavy atom. The smallest absolute Gasteiger partial charge is 0.344 e. The van der Waals surface area contributed by atoms with Crippen LogP contribution < -0.4 is 9.64 Å². The number of nitrogens with zero attached hydrogens (tertiary/aromatic N) is 3. The van der Waals surface area contributed by atoms with Gasteiger partial charge in [-0.3, -0.25) is 14.9 Å². The van der Waals surface area contributed by atoms with E-state index in [0.717, 1.165) is 11.3 Å². The molecule has 1 fully saturated rings. The number of para-hydroxylation sites is 1. The Morgan fingerprint density at radius 2 is 1.67 bits per heavy atom. The molecule has 9 heteroatoms. The minimum absolute atomic E-state index is 0.0424. The van der Waals surface area contributed by atoms with Crippen molar-refractivity contribution in [3.8, 4) is 5.75 Å². The van der Waals surface area contributed by atoms with Gasteiger partial charge in [0.25, 0.3) is 11.6 Å². The number of nitro groups is 1. The first kappa shape index (κ1) is 21.1. The summed E-state index contributed by atoms with van der Waals surface area (Å²) in [7, 11) is 0. The number of ether oxygens (including phenoxy) is 2. The number of anilines is 1. The fraction of sp³-hybridized carbons (Fsp3) is 0.333. The second-order valence-electron chi connectivity index (χ2n) is 6.86. The maximum atomic E-state index is 12.3. The van der Waals surface area contributed by atoms with Crippen molar-refractivity contribution in [3.63, 3.8) is 0 Å². The van der Waals surface area contributed by atoms with E-state index in [1.165, 1.54) is 12.1 Å². The molecule has 0 radical (unpaired) electrons. The molecule has 1 saturated heterocycles. The van der Waals surface area contributed by atoms with Gasteiger partial charge in [-0.2, -0.15) is 0 Å². The lowest BCUT2D eigenvalue weighted by Crippen LogP contribution is -2.50. The third-order valence-electron chi connectivity index (χ3n) is 4.85. The average molecular weight is 413 g/mol. The van der Waals surface area contributed by atoms with Gasteiger partial charge in [0.2, 0.25) is 0 Å². The molecule has 0 atom stereocenters. The minimum Gasteiger partial charge on any atom is -0.482 e. The number of non-ortho nitro benzene ring substituents is 1. The number of aryl methyl sites for hydroxylation is 1. The standard InChI is InChI=1S/C21H23N3O6/c1-16-4-2-3-5-19(16)29-15-21(26)30-14-20(25)23-12-10-22(11-13-23)17-6-8-18(9-7-17)24(27)28/h2-9H,10-15H2,1H3. The molecule has 1 aliphatic rings. The number of rotatable bonds is 7. The fourth-order valence-electron chi connectivity index (χ4n) is 3.13. The zero-order valence-electron chi connectivity index (χ0n) is 16.7. The van der Waals surface area contributed by atoms with E-state index < -0.39 is 10.9 Å². The molecule has 0 N–H and O–H groups in total. The Morgan fingerprint density at radius 1 is 1.00 bits per heavy atom. The van der Waals surface area contributed by atoms with Crippen molar-refractivity contribution in [1.29, 1.82) is 0 Å². The molecule has 0 aromatic heterocycles. The van der Waals surface area contributed by atoms with Gasteiger partial charge in [-0.25, -0.2) is 4.79 Å². The first-order valence-corrected chi connectivity index (χ1v) is 9.55. The van der Waals surface area contributed by atoms with E-state index in [-0.39, 0.29) is 24.8 Å². The number of hydrogen-bond donors (Lipinski definition) is 0. The summed E-state index contributed by atoms with van der Waals surface area (Å²) in [5.74, 6) is -0.262. The number of amides is 1. The van der Waals surface area contributed by atoms with E-state index in [2.05, 4.69) is 4.90 Å². The van der Waals surface area contributed by atoms with Crippen LogP contribution in [-0.4, -0.2) is 61.1 Å². The topological polar surface area (TPSA) is 102 Å². The van der Waals surface area contributed by atoms with E-state index in [1.54, 1.807) is 23.1 Å². The highest BCUT2D eigenvalue weighted by molar-refractivity contribution is 5.81. The van der Waals surface area contributed by atoms with Crippen LogP contribution in [0.5, 0.6) is 5.75 Å². The largest absolute Gasteiger partial charge is 0.482 e. The average Bonchev–Trinajstić information content (AvgIpc) is 2.77. The van der Waals surface area contributed by atoms with Crippen molar-refractivity contribution < 1.29 is 24.0 Å². The molecule has 0 spiro atoms. The molecule has 0 saturated carbocycles. The van der Waals surface area contributed by atoms with Gasteiger partial charge in [-0.05, 0) is 30.7 Å². The third-order valence-corrected chi connectivity index (χ3v) is 4.85. The monoisotopic (exact) mass is 413 g/mol. The summed E-state index contributed by atoms with van der Waals surface area (Å²) in [6, 6.07) is 13.7. The van der Waals surface area contributed by atoms with Gasteiger partial charge in [0.1, 0.15) is 5.75 Å². The Bertz CT molecular complexity index is 907. The lowest BCUT2D eigenvalue weighted by molar-refractivity contribution is -0.384. The Kier molecular flexibility index (Phi) is 6.84. The van der Waals surface area contributed by atoms with Gasteiger partial charge in [-0.1, -0.05) is 18.2 Å². The number of esters is 1. The number of benzene rings is 2. The number of carbonyl (C=O) groups is 2.